The zero-order valence-electron chi connectivity index (χ0n) is 10.9. The molecule has 1 atom stereocenters. The van der Waals surface area contributed by atoms with Gasteiger partial charge in [0, 0.05) is 29.2 Å². The van der Waals surface area contributed by atoms with E-state index in [4.69, 9.17) is 5.11 Å². The Kier molecular flexibility index (Phi) is 4.66. The van der Waals surface area contributed by atoms with Gasteiger partial charge in [-0.1, -0.05) is 17.8 Å². The van der Waals surface area contributed by atoms with E-state index in [0.29, 0.717) is 0 Å². The molecule has 0 saturated carbocycles. The quantitative estimate of drug-likeness (QED) is 0.832. The second-order valence-corrected chi connectivity index (χ2v) is 6.34. The van der Waals surface area contributed by atoms with E-state index in [1.807, 2.05) is 13.0 Å². The summed E-state index contributed by atoms with van der Waals surface area (Å²) >= 11 is 3.02. The lowest BCUT2D eigenvalue weighted by atomic mass is 10.2. The average molecular weight is 296 g/mol. The van der Waals surface area contributed by atoms with Crippen molar-refractivity contribution in [1.82, 2.24) is 9.55 Å². The van der Waals surface area contributed by atoms with Crippen molar-refractivity contribution in [3.05, 3.63) is 34.3 Å². The van der Waals surface area contributed by atoms with Crippen LogP contribution < -0.4 is 0 Å². The number of aryl methyl sites for hydroxylation is 1. The van der Waals surface area contributed by atoms with Crippen molar-refractivity contribution in [2.24, 2.45) is 0 Å². The average Bonchev–Trinajstić information content (AvgIpc) is 2.96. The van der Waals surface area contributed by atoms with E-state index in [2.05, 4.69) is 27.9 Å². The predicted octanol–water partition coefficient (Wildman–Crippen LogP) is 3.23. The fraction of sp³-hybridized carbons (Fsp3) is 0.385. The van der Waals surface area contributed by atoms with Gasteiger partial charge in [-0.25, -0.2) is 4.98 Å². The minimum Gasteiger partial charge on any atom is -0.481 e. The molecule has 0 spiro atoms. The van der Waals surface area contributed by atoms with Gasteiger partial charge in [0.1, 0.15) is 0 Å². The van der Waals surface area contributed by atoms with Crippen molar-refractivity contribution < 1.29 is 9.90 Å². The first-order chi connectivity index (χ1) is 9.08. The Morgan fingerprint density at radius 3 is 3.05 bits per heavy atom. The lowest BCUT2D eigenvalue weighted by Crippen LogP contribution is -2.11. The number of rotatable bonds is 6. The van der Waals surface area contributed by atoms with Crippen molar-refractivity contribution in [2.75, 3.05) is 5.75 Å². The molecule has 2 aromatic rings. The Bertz CT molecular complexity index is 549. The SMILES string of the molecule is Cc1cnc(SCC(=O)O)n1C(C)Cc1cccs1. The van der Waals surface area contributed by atoms with Gasteiger partial charge in [0.2, 0.25) is 0 Å². The number of nitrogens with zero attached hydrogens (tertiary/aromatic N) is 2. The number of thiophene rings is 1. The number of imidazole rings is 1. The number of hydrogen-bond donors (Lipinski definition) is 1. The molecule has 0 aliphatic carbocycles. The molecule has 19 heavy (non-hydrogen) atoms. The summed E-state index contributed by atoms with van der Waals surface area (Å²) in [4.78, 5) is 16.3. The molecule has 2 rings (SSSR count). The topological polar surface area (TPSA) is 55.1 Å². The van der Waals surface area contributed by atoms with Crippen LogP contribution in [-0.2, 0) is 11.2 Å². The third-order valence-electron chi connectivity index (χ3n) is 2.79. The molecule has 0 bridgehead atoms. The van der Waals surface area contributed by atoms with E-state index >= 15 is 0 Å². The Morgan fingerprint density at radius 1 is 1.63 bits per heavy atom. The van der Waals surface area contributed by atoms with Crippen molar-refractivity contribution in [3.63, 3.8) is 0 Å². The Hall–Kier alpha value is -1.27. The van der Waals surface area contributed by atoms with Gasteiger partial charge in [0.05, 0.1) is 5.75 Å². The molecule has 102 valence electrons. The minimum atomic E-state index is -0.817. The first kappa shape index (κ1) is 14.1. The molecule has 4 nitrogen and oxygen atoms in total. The third kappa shape index (κ3) is 3.61. The van der Waals surface area contributed by atoms with E-state index in [1.165, 1.54) is 16.6 Å². The lowest BCUT2D eigenvalue weighted by Gasteiger charge is -2.17. The molecule has 0 amide bonds. The van der Waals surface area contributed by atoms with E-state index in [9.17, 15) is 4.79 Å². The summed E-state index contributed by atoms with van der Waals surface area (Å²) in [6.45, 7) is 4.14. The molecule has 6 heteroatoms. The number of hydrogen-bond acceptors (Lipinski definition) is 4. The number of thioether (sulfide) groups is 1. The molecule has 2 aromatic heterocycles. The maximum Gasteiger partial charge on any atom is 0.313 e. The number of carbonyl (C=O) groups is 1. The first-order valence-electron chi connectivity index (χ1n) is 5.98. The van der Waals surface area contributed by atoms with E-state index in [0.717, 1.165) is 17.3 Å². The van der Waals surface area contributed by atoms with Crippen LogP contribution in [0, 0.1) is 6.92 Å². The molecule has 1 unspecified atom stereocenters. The predicted molar refractivity (Wildman–Crippen MR) is 78.1 cm³/mol. The van der Waals surface area contributed by atoms with Gasteiger partial charge in [-0.3, -0.25) is 4.79 Å². The Labute approximate surface area is 120 Å². The van der Waals surface area contributed by atoms with Crippen LogP contribution in [0.25, 0.3) is 0 Å². The second kappa shape index (κ2) is 6.25. The van der Waals surface area contributed by atoms with Crippen LogP contribution in [0.15, 0.2) is 28.9 Å². The number of aromatic nitrogens is 2. The number of carboxylic acid groups (broad SMARTS) is 1. The summed E-state index contributed by atoms with van der Waals surface area (Å²) in [6.07, 6.45) is 2.74. The van der Waals surface area contributed by atoms with E-state index in [1.54, 1.807) is 17.5 Å². The van der Waals surface area contributed by atoms with Crippen LogP contribution in [0.1, 0.15) is 23.5 Å². The minimum absolute atomic E-state index is 0.0438. The van der Waals surface area contributed by atoms with Gasteiger partial charge < -0.3 is 9.67 Å². The maximum atomic E-state index is 10.7. The van der Waals surface area contributed by atoms with Crippen molar-refractivity contribution in [3.8, 4) is 0 Å². The Morgan fingerprint density at radius 2 is 2.42 bits per heavy atom. The van der Waals surface area contributed by atoms with Gasteiger partial charge in [-0.15, -0.1) is 11.3 Å². The zero-order chi connectivity index (χ0) is 13.8. The fourth-order valence-corrected chi connectivity index (χ4v) is 3.67. The molecule has 0 fully saturated rings. The molecule has 0 radical (unpaired) electrons. The molecule has 2 heterocycles. The lowest BCUT2D eigenvalue weighted by molar-refractivity contribution is -0.133. The monoisotopic (exact) mass is 296 g/mol. The smallest absolute Gasteiger partial charge is 0.313 e. The van der Waals surface area contributed by atoms with Gasteiger partial charge in [0.15, 0.2) is 5.16 Å². The van der Waals surface area contributed by atoms with Gasteiger partial charge in [-0.05, 0) is 25.3 Å². The number of carboxylic acids is 1. The molecule has 0 aliphatic heterocycles. The van der Waals surface area contributed by atoms with Crippen LogP contribution in [0.2, 0.25) is 0 Å². The molecule has 1 N–H and O–H groups in total. The van der Waals surface area contributed by atoms with Crippen LogP contribution >= 0.6 is 23.1 Å². The highest BCUT2D eigenvalue weighted by Crippen LogP contribution is 2.26. The standard InChI is InChI=1S/C13H16N2O2S2/c1-9(6-11-4-3-5-18-11)15-10(2)7-14-13(15)19-8-12(16)17/h3-5,7,9H,6,8H2,1-2H3,(H,16,17). The van der Waals surface area contributed by atoms with Gasteiger partial charge >= 0.3 is 5.97 Å². The fourth-order valence-electron chi connectivity index (χ4n) is 2.00. The summed E-state index contributed by atoms with van der Waals surface area (Å²) in [5.41, 5.74) is 1.07. The molecule has 0 saturated heterocycles. The Balaban J connectivity index is 2.13. The van der Waals surface area contributed by atoms with Crippen LogP contribution in [-0.4, -0.2) is 26.4 Å². The molecular weight excluding hydrogens is 280 g/mol. The highest BCUT2D eigenvalue weighted by molar-refractivity contribution is 7.99. The summed E-state index contributed by atoms with van der Waals surface area (Å²) in [5.74, 6) is -0.773. The number of aliphatic carboxylic acids is 1. The van der Waals surface area contributed by atoms with Crippen LogP contribution in [0.4, 0.5) is 0 Å². The molecule has 0 aliphatic rings. The second-order valence-electron chi connectivity index (χ2n) is 4.37. The summed E-state index contributed by atoms with van der Waals surface area (Å²) < 4.78 is 2.12. The summed E-state index contributed by atoms with van der Waals surface area (Å²) in [7, 11) is 0. The highest BCUT2D eigenvalue weighted by atomic mass is 32.2. The highest BCUT2D eigenvalue weighted by Gasteiger charge is 2.15. The van der Waals surface area contributed by atoms with Crippen molar-refractivity contribution in [1.29, 1.82) is 0 Å². The largest absolute Gasteiger partial charge is 0.481 e. The van der Waals surface area contributed by atoms with Crippen molar-refractivity contribution in [2.45, 2.75) is 31.5 Å². The van der Waals surface area contributed by atoms with Crippen molar-refractivity contribution >= 4 is 29.1 Å². The first-order valence-corrected chi connectivity index (χ1v) is 7.85. The van der Waals surface area contributed by atoms with E-state index in [-0.39, 0.29) is 11.8 Å². The van der Waals surface area contributed by atoms with E-state index < -0.39 is 5.97 Å². The van der Waals surface area contributed by atoms with Gasteiger partial charge in [0.25, 0.3) is 0 Å². The van der Waals surface area contributed by atoms with Crippen LogP contribution in [0.3, 0.4) is 0 Å². The normalized spacial score (nSPS) is 12.5. The molecule has 0 aromatic carbocycles. The summed E-state index contributed by atoms with van der Waals surface area (Å²) in [5, 5.41) is 11.6. The van der Waals surface area contributed by atoms with Gasteiger partial charge in [-0.2, -0.15) is 0 Å². The zero-order valence-corrected chi connectivity index (χ0v) is 12.5. The molecular formula is C13H16N2O2S2. The third-order valence-corrected chi connectivity index (χ3v) is 4.64. The maximum absolute atomic E-state index is 10.7. The van der Waals surface area contributed by atoms with Crippen LogP contribution in [0.5, 0.6) is 0 Å². The summed E-state index contributed by atoms with van der Waals surface area (Å²) in [6, 6.07) is 4.45.